The zero-order chi connectivity index (χ0) is 14.6. The summed E-state index contributed by atoms with van der Waals surface area (Å²) in [5.41, 5.74) is 0.457. The van der Waals surface area contributed by atoms with Crippen LogP contribution >= 0.6 is 15.9 Å². The topological polar surface area (TPSA) is 63.2 Å². The third-order valence-electron chi connectivity index (χ3n) is 2.83. The molecule has 0 bridgehead atoms. The maximum Gasteiger partial charge on any atom is 0.251 e. The first-order valence-corrected chi connectivity index (χ1v) is 8.94. The summed E-state index contributed by atoms with van der Waals surface area (Å²) in [6.45, 7) is 4.05. The van der Waals surface area contributed by atoms with Gasteiger partial charge in [-0.1, -0.05) is 29.8 Å². The average molecular weight is 348 g/mol. The van der Waals surface area contributed by atoms with Gasteiger partial charge in [0, 0.05) is 23.2 Å². The standard InChI is InChI=1S/C13H18BrNO3S/c1-9(2)12(8-14)15-13(16)10-4-6-11(7-5-10)19(3,17)18/h4-7,9,12H,8H2,1-3H3,(H,15,16). The summed E-state index contributed by atoms with van der Waals surface area (Å²) in [5, 5.41) is 3.58. The molecule has 0 aliphatic rings. The van der Waals surface area contributed by atoms with Crippen molar-refractivity contribution in [3.05, 3.63) is 29.8 Å². The molecule has 0 heterocycles. The van der Waals surface area contributed by atoms with Crippen LogP contribution in [-0.2, 0) is 9.84 Å². The van der Waals surface area contributed by atoms with Crippen LogP contribution in [0.3, 0.4) is 0 Å². The van der Waals surface area contributed by atoms with Crippen molar-refractivity contribution in [1.29, 1.82) is 0 Å². The van der Waals surface area contributed by atoms with Crippen LogP contribution in [0.5, 0.6) is 0 Å². The van der Waals surface area contributed by atoms with E-state index >= 15 is 0 Å². The van der Waals surface area contributed by atoms with Gasteiger partial charge in [0.15, 0.2) is 9.84 Å². The minimum atomic E-state index is -3.23. The van der Waals surface area contributed by atoms with Crippen molar-refractivity contribution in [2.75, 3.05) is 11.6 Å². The Morgan fingerprint density at radius 1 is 1.26 bits per heavy atom. The van der Waals surface area contributed by atoms with Crippen molar-refractivity contribution in [1.82, 2.24) is 5.32 Å². The number of halogens is 1. The zero-order valence-electron chi connectivity index (χ0n) is 11.2. The van der Waals surface area contributed by atoms with E-state index in [1.54, 1.807) is 0 Å². The van der Waals surface area contributed by atoms with Crippen molar-refractivity contribution in [2.45, 2.75) is 24.8 Å². The van der Waals surface area contributed by atoms with Crippen LogP contribution in [0.4, 0.5) is 0 Å². The monoisotopic (exact) mass is 347 g/mol. The summed E-state index contributed by atoms with van der Waals surface area (Å²) in [6, 6.07) is 5.99. The normalized spacial score (nSPS) is 13.3. The molecule has 1 N–H and O–H groups in total. The van der Waals surface area contributed by atoms with Gasteiger partial charge in [-0.15, -0.1) is 0 Å². The molecule has 1 atom stereocenters. The predicted octanol–water partition coefficient (Wildman–Crippen LogP) is 2.24. The molecule has 0 saturated heterocycles. The van der Waals surface area contributed by atoms with E-state index in [0.717, 1.165) is 6.26 Å². The smallest absolute Gasteiger partial charge is 0.251 e. The van der Waals surface area contributed by atoms with E-state index in [-0.39, 0.29) is 16.8 Å². The van der Waals surface area contributed by atoms with Crippen molar-refractivity contribution < 1.29 is 13.2 Å². The van der Waals surface area contributed by atoms with Gasteiger partial charge in [0.1, 0.15) is 0 Å². The Balaban J connectivity index is 2.84. The first-order valence-electron chi connectivity index (χ1n) is 5.92. The van der Waals surface area contributed by atoms with Gasteiger partial charge in [-0.25, -0.2) is 8.42 Å². The molecule has 0 aromatic heterocycles. The Labute approximate surface area is 122 Å². The van der Waals surface area contributed by atoms with Crippen LogP contribution in [0.2, 0.25) is 0 Å². The molecule has 0 aliphatic carbocycles. The van der Waals surface area contributed by atoms with E-state index in [1.165, 1.54) is 24.3 Å². The van der Waals surface area contributed by atoms with Crippen LogP contribution < -0.4 is 5.32 Å². The van der Waals surface area contributed by atoms with Crippen LogP contribution in [0.15, 0.2) is 29.2 Å². The van der Waals surface area contributed by atoms with Crippen LogP contribution in [0.25, 0.3) is 0 Å². The molecule has 6 heteroatoms. The molecule has 19 heavy (non-hydrogen) atoms. The predicted molar refractivity (Wildman–Crippen MR) is 79.4 cm³/mol. The number of carbonyl (C=O) groups is 1. The number of alkyl halides is 1. The van der Waals surface area contributed by atoms with E-state index in [1.807, 2.05) is 13.8 Å². The number of rotatable bonds is 5. The van der Waals surface area contributed by atoms with Crippen molar-refractivity contribution in [3.8, 4) is 0 Å². The van der Waals surface area contributed by atoms with Crippen molar-refractivity contribution in [2.24, 2.45) is 5.92 Å². The van der Waals surface area contributed by atoms with E-state index < -0.39 is 9.84 Å². The summed E-state index contributed by atoms with van der Waals surface area (Å²) in [4.78, 5) is 12.2. The lowest BCUT2D eigenvalue weighted by molar-refractivity contribution is 0.0931. The van der Waals surface area contributed by atoms with Gasteiger partial charge < -0.3 is 5.32 Å². The SMILES string of the molecule is CC(C)C(CBr)NC(=O)c1ccc(S(C)(=O)=O)cc1. The molecule has 0 fully saturated rings. The minimum absolute atomic E-state index is 0.0436. The lowest BCUT2D eigenvalue weighted by Gasteiger charge is -2.19. The Kier molecular flexibility index (Phi) is 5.55. The highest BCUT2D eigenvalue weighted by Crippen LogP contribution is 2.11. The molecule has 0 radical (unpaired) electrons. The average Bonchev–Trinajstić information content (AvgIpc) is 2.34. The van der Waals surface area contributed by atoms with E-state index in [4.69, 9.17) is 0 Å². The van der Waals surface area contributed by atoms with Gasteiger partial charge in [0.2, 0.25) is 0 Å². The molecule has 1 aromatic rings. The summed E-state index contributed by atoms with van der Waals surface area (Å²) < 4.78 is 22.6. The van der Waals surface area contributed by atoms with Gasteiger partial charge in [-0.05, 0) is 30.2 Å². The number of hydrogen-bond acceptors (Lipinski definition) is 3. The number of sulfone groups is 1. The number of hydrogen-bond donors (Lipinski definition) is 1. The number of benzene rings is 1. The second-order valence-corrected chi connectivity index (χ2v) is 7.44. The van der Waals surface area contributed by atoms with Gasteiger partial charge in [-0.3, -0.25) is 4.79 Å². The fourth-order valence-corrected chi connectivity index (χ4v) is 3.03. The highest BCUT2D eigenvalue weighted by atomic mass is 79.9. The lowest BCUT2D eigenvalue weighted by atomic mass is 10.1. The third kappa shape index (κ3) is 4.62. The van der Waals surface area contributed by atoms with Gasteiger partial charge >= 0.3 is 0 Å². The second-order valence-electron chi connectivity index (χ2n) is 4.77. The fraction of sp³-hybridized carbons (Fsp3) is 0.462. The van der Waals surface area contributed by atoms with Gasteiger partial charge in [0.25, 0.3) is 5.91 Å². The fourth-order valence-electron chi connectivity index (χ4n) is 1.49. The Hall–Kier alpha value is -0.880. The van der Waals surface area contributed by atoms with E-state index in [2.05, 4.69) is 21.2 Å². The number of nitrogens with one attached hydrogen (secondary N) is 1. The Bertz CT molecular complexity index is 538. The summed E-state index contributed by atoms with van der Waals surface area (Å²) in [7, 11) is -3.23. The Morgan fingerprint density at radius 3 is 2.16 bits per heavy atom. The summed E-state index contributed by atoms with van der Waals surface area (Å²) in [6.07, 6.45) is 1.14. The first-order chi connectivity index (χ1) is 8.75. The Morgan fingerprint density at radius 2 is 1.79 bits per heavy atom. The third-order valence-corrected chi connectivity index (χ3v) is 4.66. The highest BCUT2D eigenvalue weighted by Gasteiger charge is 2.16. The number of amides is 1. The molecule has 0 spiro atoms. The molecule has 1 rings (SSSR count). The summed E-state index contributed by atoms with van der Waals surface area (Å²) >= 11 is 3.36. The molecule has 1 aromatic carbocycles. The second kappa shape index (κ2) is 6.52. The number of carbonyl (C=O) groups excluding carboxylic acids is 1. The van der Waals surface area contributed by atoms with Crippen molar-refractivity contribution in [3.63, 3.8) is 0 Å². The zero-order valence-corrected chi connectivity index (χ0v) is 13.6. The lowest BCUT2D eigenvalue weighted by Crippen LogP contribution is -2.39. The quantitative estimate of drug-likeness (QED) is 0.830. The van der Waals surface area contributed by atoms with Gasteiger partial charge in [0.05, 0.1) is 4.90 Å². The molecular formula is C13H18BrNO3S. The molecular weight excluding hydrogens is 330 g/mol. The molecule has 1 amide bonds. The molecule has 0 aliphatic heterocycles. The van der Waals surface area contributed by atoms with Crippen LogP contribution in [0, 0.1) is 5.92 Å². The maximum atomic E-state index is 12.0. The molecule has 4 nitrogen and oxygen atoms in total. The van der Waals surface area contributed by atoms with E-state index in [0.29, 0.717) is 16.8 Å². The summed E-state index contributed by atoms with van der Waals surface area (Å²) in [5.74, 6) is 0.122. The highest BCUT2D eigenvalue weighted by molar-refractivity contribution is 9.09. The first kappa shape index (κ1) is 16.2. The molecule has 1 unspecified atom stereocenters. The van der Waals surface area contributed by atoms with Crippen molar-refractivity contribution >= 4 is 31.7 Å². The van der Waals surface area contributed by atoms with E-state index in [9.17, 15) is 13.2 Å². The molecule has 106 valence electrons. The molecule has 0 saturated carbocycles. The maximum absolute atomic E-state index is 12.0. The largest absolute Gasteiger partial charge is 0.348 e. The van der Waals surface area contributed by atoms with Crippen LogP contribution in [-0.4, -0.2) is 32.0 Å². The van der Waals surface area contributed by atoms with Gasteiger partial charge in [-0.2, -0.15) is 0 Å². The van der Waals surface area contributed by atoms with Crippen LogP contribution in [0.1, 0.15) is 24.2 Å². The minimum Gasteiger partial charge on any atom is -0.348 e.